The van der Waals surface area contributed by atoms with Gasteiger partial charge in [0.1, 0.15) is 0 Å². The third-order valence-electron chi connectivity index (χ3n) is 5.60. The fourth-order valence-corrected chi connectivity index (χ4v) is 4.01. The summed E-state index contributed by atoms with van der Waals surface area (Å²) in [5.41, 5.74) is 3.54. The second-order valence-corrected chi connectivity index (χ2v) is 7.65. The van der Waals surface area contributed by atoms with E-state index in [0.717, 1.165) is 24.7 Å². The molecule has 0 saturated heterocycles. The minimum atomic E-state index is 0.0797. The zero-order chi connectivity index (χ0) is 19.3. The number of nitrogens with one attached hydrogen (secondary N) is 3. The highest BCUT2D eigenvalue weighted by molar-refractivity contribution is 5.94. The number of carbonyl (C=O) groups excluding carboxylic acids is 1. The number of guanidine groups is 1. The molecule has 0 spiro atoms. The minimum Gasteiger partial charge on any atom is -0.357 e. The van der Waals surface area contributed by atoms with Gasteiger partial charge in [0.25, 0.3) is 0 Å². The van der Waals surface area contributed by atoms with Crippen LogP contribution in [0, 0.1) is 5.92 Å². The maximum atomic E-state index is 12.0. The van der Waals surface area contributed by atoms with Crippen LogP contribution in [0.25, 0.3) is 0 Å². The molecule has 0 aromatic heterocycles. The lowest BCUT2D eigenvalue weighted by Gasteiger charge is -2.26. The first kappa shape index (κ1) is 18.5. The molecule has 2 aliphatic rings. The maximum absolute atomic E-state index is 12.0. The van der Waals surface area contributed by atoms with Crippen molar-refractivity contribution in [1.29, 1.82) is 0 Å². The van der Waals surface area contributed by atoms with Crippen molar-refractivity contribution >= 4 is 17.6 Å². The fraction of sp³-hybridized carbons (Fsp3) is 0.391. The van der Waals surface area contributed by atoms with Gasteiger partial charge in [-0.1, -0.05) is 48.5 Å². The van der Waals surface area contributed by atoms with E-state index in [0.29, 0.717) is 24.8 Å². The van der Waals surface area contributed by atoms with Gasteiger partial charge in [-0.3, -0.25) is 9.79 Å². The molecule has 1 aliphatic heterocycles. The molecule has 146 valence electrons. The summed E-state index contributed by atoms with van der Waals surface area (Å²) in [4.78, 5) is 16.8. The largest absolute Gasteiger partial charge is 0.357 e. The predicted octanol–water partition coefficient (Wildman–Crippen LogP) is 3.47. The van der Waals surface area contributed by atoms with E-state index in [2.05, 4.69) is 59.3 Å². The van der Waals surface area contributed by atoms with Crippen LogP contribution >= 0.6 is 0 Å². The molecule has 3 N–H and O–H groups in total. The summed E-state index contributed by atoms with van der Waals surface area (Å²) in [5, 5.41) is 9.74. The highest BCUT2D eigenvalue weighted by atomic mass is 16.1. The molecule has 1 saturated carbocycles. The SMILES string of the molecule is CCNC(=NCC1CC1c1ccccc1)NCC1CC(=O)Nc2ccccc21. The quantitative estimate of drug-likeness (QED) is 0.534. The molecule has 28 heavy (non-hydrogen) atoms. The van der Waals surface area contributed by atoms with Crippen molar-refractivity contribution in [3.63, 3.8) is 0 Å². The van der Waals surface area contributed by atoms with Crippen molar-refractivity contribution in [3.8, 4) is 0 Å². The zero-order valence-electron chi connectivity index (χ0n) is 16.3. The fourth-order valence-electron chi connectivity index (χ4n) is 4.01. The molecule has 2 aromatic rings. The highest BCUT2D eigenvalue weighted by Gasteiger charge is 2.37. The average Bonchev–Trinajstić information content (AvgIpc) is 3.50. The Morgan fingerprint density at radius 3 is 2.71 bits per heavy atom. The van der Waals surface area contributed by atoms with Crippen LogP contribution in [-0.2, 0) is 4.79 Å². The van der Waals surface area contributed by atoms with Gasteiger partial charge in [0.15, 0.2) is 5.96 Å². The second kappa shape index (κ2) is 8.46. The first-order valence-electron chi connectivity index (χ1n) is 10.2. The number of carbonyl (C=O) groups is 1. The van der Waals surface area contributed by atoms with Gasteiger partial charge in [-0.25, -0.2) is 0 Å². The molecule has 3 unspecified atom stereocenters. The molecule has 1 amide bonds. The zero-order valence-corrected chi connectivity index (χ0v) is 16.3. The summed E-state index contributed by atoms with van der Waals surface area (Å²) in [5.74, 6) is 2.34. The van der Waals surface area contributed by atoms with Crippen molar-refractivity contribution < 1.29 is 4.79 Å². The smallest absolute Gasteiger partial charge is 0.225 e. The monoisotopic (exact) mass is 376 g/mol. The maximum Gasteiger partial charge on any atom is 0.225 e. The number of benzene rings is 2. The Bertz CT molecular complexity index is 849. The molecule has 1 fully saturated rings. The van der Waals surface area contributed by atoms with E-state index in [9.17, 15) is 4.79 Å². The number of aliphatic imine (C=N–C) groups is 1. The Balaban J connectivity index is 1.35. The van der Waals surface area contributed by atoms with E-state index >= 15 is 0 Å². The van der Waals surface area contributed by atoms with Gasteiger partial charge in [-0.2, -0.15) is 0 Å². The van der Waals surface area contributed by atoms with Crippen LogP contribution in [0.15, 0.2) is 59.6 Å². The average molecular weight is 377 g/mol. The number of fused-ring (bicyclic) bond motifs is 1. The Hall–Kier alpha value is -2.82. The Labute approximate surface area is 166 Å². The third kappa shape index (κ3) is 4.35. The van der Waals surface area contributed by atoms with E-state index in [1.165, 1.54) is 17.5 Å². The van der Waals surface area contributed by atoms with Crippen LogP contribution in [0.3, 0.4) is 0 Å². The Morgan fingerprint density at radius 2 is 1.89 bits per heavy atom. The highest BCUT2D eigenvalue weighted by Crippen LogP contribution is 2.47. The lowest BCUT2D eigenvalue weighted by Crippen LogP contribution is -2.40. The molecular formula is C23H28N4O. The summed E-state index contributed by atoms with van der Waals surface area (Å²) in [7, 11) is 0. The molecule has 1 heterocycles. The standard InChI is InChI=1S/C23H28N4O/c1-2-24-23(25-14-17-12-20(17)16-8-4-3-5-9-16)26-15-18-13-22(28)27-21-11-7-6-10-19(18)21/h3-11,17-18,20H,2,12-15H2,1H3,(H,27,28)(H2,24,25,26). The topological polar surface area (TPSA) is 65.5 Å². The first-order valence-corrected chi connectivity index (χ1v) is 10.2. The lowest BCUT2D eigenvalue weighted by atomic mass is 9.90. The number of nitrogens with zero attached hydrogens (tertiary/aromatic N) is 1. The van der Waals surface area contributed by atoms with Gasteiger partial charge in [-0.05, 0) is 42.4 Å². The van der Waals surface area contributed by atoms with Gasteiger partial charge in [-0.15, -0.1) is 0 Å². The van der Waals surface area contributed by atoms with Crippen LogP contribution in [0.4, 0.5) is 5.69 Å². The Morgan fingerprint density at radius 1 is 1.11 bits per heavy atom. The first-order chi connectivity index (χ1) is 13.7. The van der Waals surface area contributed by atoms with Gasteiger partial charge in [0.05, 0.1) is 0 Å². The summed E-state index contributed by atoms with van der Waals surface area (Å²) in [6.07, 6.45) is 1.71. The minimum absolute atomic E-state index is 0.0797. The summed E-state index contributed by atoms with van der Waals surface area (Å²) in [6, 6.07) is 18.8. The lowest BCUT2D eigenvalue weighted by molar-refractivity contribution is -0.116. The van der Waals surface area contributed by atoms with Gasteiger partial charge >= 0.3 is 0 Å². The van der Waals surface area contributed by atoms with Crippen LogP contribution in [0.2, 0.25) is 0 Å². The van der Waals surface area contributed by atoms with Crippen molar-refractivity contribution in [2.45, 2.75) is 31.6 Å². The van der Waals surface area contributed by atoms with Crippen LogP contribution < -0.4 is 16.0 Å². The van der Waals surface area contributed by atoms with E-state index < -0.39 is 0 Å². The Kier molecular flexibility index (Phi) is 5.60. The summed E-state index contributed by atoms with van der Waals surface area (Å²) in [6.45, 7) is 4.42. The normalized spacial score (nSPS) is 23.5. The van der Waals surface area contributed by atoms with Crippen molar-refractivity contribution in [2.24, 2.45) is 10.9 Å². The molecule has 5 nitrogen and oxygen atoms in total. The van der Waals surface area contributed by atoms with Crippen LogP contribution in [0.1, 0.15) is 42.7 Å². The van der Waals surface area contributed by atoms with Crippen LogP contribution in [0.5, 0.6) is 0 Å². The molecular weight excluding hydrogens is 348 g/mol. The molecule has 5 heteroatoms. The second-order valence-electron chi connectivity index (χ2n) is 7.65. The molecule has 4 rings (SSSR count). The number of amides is 1. The van der Waals surface area contributed by atoms with E-state index in [1.807, 2.05) is 18.2 Å². The van der Waals surface area contributed by atoms with E-state index in [-0.39, 0.29) is 11.8 Å². The third-order valence-corrected chi connectivity index (χ3v) is 5.60. The van der Waals surface area contributed by atoms with Gasteiger partial charge < -0.3 is 16.0 Å². The van der Waals surface area contributed by atoms with Crippen molar-refractivity contribution in [1.82, 2.24) is 10.6 Å². The number of hydrogen-bond acceptors (Lipinski definition) is 2. The molecule has 0 bridgehead atoms. The molecule has 1 aliphatic carbocycles. The van der Waals surface area contributed by atoms with E-state index in [4.69, 9.17) is 4.99 Å². The molecule has 3 atom stereocenters. The number of para-hydroxylation sites is 1. The van der Waals surface area contributed by atoms with Crippen molar-refractivity contribution in [3.05, 3.63) is 65.7 Å². The summed E-state index contributed by atoms with van der Waals surface area (Å²) >= 11 is 0. The predicted molar refractivity (Wildman–Crippen MR) is 114 cm³/mol. The van der Waals surface area contributed by atoms with Crippen molar-refractivity contribution in [2.75, 3.05) is 25.0 Å². The van der Waals surface area contributed by atoms with E-state index in [1.54, 1.807) is 0 Å². The molecule has 2 aromatic carbocycles. The number of hydrogen-bond donors (Lipinski definition) is 3. The van der Waals surface area contributed by atoms with Gasteiger partial charge in [0.2, 0.25) is 5.91 Å². The summed E-state index contributed by atoms with van der Waals surface area (Å²) < 4.78 is 0. The van der Waals surface area contributed by atoms with Gasteiger partial charge in [0, 0.05) is 37.7 Å². The molecule has 0 radical (unpaired) electrons. The number of rotatable bonds is 6. The van der Waals surface area contributed by atoms with Crippen LogP contribution in [-0.4, -0.2) is 31.5 Å². The number of anilines is 1.